The van der Waals surface area contributed by atoms with Crippen LogP contribution in [-0.4, -0.2) is 0 Å². The molecule has 0 aromatic rings. The summed E-state index contributed by atoms with van der Waals surface area (Å²) in [6.45, 7) is 21.2. The second-order valence-electron chi connectivity index (χ2n) is 5.80. The Bertz CT molecular complexity index is 654. The van der Waals surface area contributed by atoms with E-state index >= 15 is 0 Å². The quantitative estimate of drug-likeness (QED) is 0.313. The number of hydrogen-bond acceptors (Lipinski definition) is 2. The van der Waals surface area contributed by atoms with Gasteiger partial charge in [0.15, 0.2) is 0 Å². The van der Waals surface area contributed by atoms with Crippen LogP contribution in [0.15, 0.2) is 109 Å². The Kier molecular flexibility index (Phi) is 11.3. The Labute approximate surface area is 153 Å². The van der Waals surface area contributed by atoms with Gasteiger partial charge in [0.25, 0.3) is 0 Å². The smallest absolute Gasteiger partial charge is 0.130 e. The van der Waals surface area contributed by atoms with Gasteiger partial charge in [0.05, 0.1) is 0 Å². The predicted molar refractivity (Wildman–Crippen MR) is 110 cm³/mol. The zero-order chi connectivity index (χ0) is 19.2. The summed E-state index contributed by atoms with van der Waals surface area (Å²) in [7, 11) is 0. The molecule has 25 heavy (non-hydrogen) atoms. The molecule has 0 radical (unpaired) electrons. The van der Waals surface area contributed by atoms with E-state index in [-0.39, 0.29) is 0 Å². The zero-order valence-corrected chi connectivity index (χ0v) is 16.1. The minimum atomic E-state index is 0.603. The largest absolute Gasteiger partial charge is 0.462 e. The first kappa shape index (κ1) is 22.3. The number of ether oxygens (including phenoxy) is 2. The summed E-state index contributed by atoms with van der Waals surface area (Å²) in [4.78, 5) is 0. The van der Waals surface area contributed by atoms with Crippen molar-refractivity contribution in [2.24, 2.45) is 0 Å². The zero-order valence-electron chi connectivity index (χ0n) is 16.1. The van der Waals surface area contributed by atoms with Crippen molar-refractivity contribution in [2.75, 3.05) is 0 Å². The third kappa shape index (κ3) is 11.4. The maximum atomic E-state index is 5.85. The van der Waals surface area contributed by atoms with Crippen molar-refractivity contribution in [2.45, 2.75) is 34.6 Å². The Morgan fingerprint density at radius 1 is 0.600 bits per heavy atom. The molecule has 0 saturated heterocycles. The van der Waals surface area contributed by atoms with Gasteiger partial charge in [-0.3, -0.25) is 0 Å². The fourth-order valence-electron chi connectivity index (χ4n) is 1.56. The maximum absolute atomic E-state index is 5.85. The van der Waals surface area contributed by atoms with E-state index in [4.69, 9.17) is 9.47 Å². The fraction of sp³-hybridized carbons (Fsp3) is 0.217. The first-order valence-corrected chi connectivity index (χ1v) is 8.14. The van der Waals surface area contributed by atoms with Gasteiger partial charge in [0.2, 0.25) is 0 Å². The molecule has 0 atom stereocenters. The lowest BCUT2D eigenvalue weighted by atomic mass is 10.3. The van der Waals surface area contributed by atoms with Gasteiger partial charge in [-0.15, -0.1) is 0 Å². The minimum absolute atomic E-state index is 0.603. The molecule has 0 heterocycles. The van der Waals surface area contributed by atoms with E-state index in [2.05, 4.69) is 19.7 Å². The standard InChI is InChI=1S/C23H30O2/c1-9-12-23(25-22(11-3)16-14-19(6)7)17-20(8)24-21(10-2)15-13-18(4)5/h9-17H,1-3H2,4-8H3/b20-17+,21-15+,22-16+,23-12+. The highest BCUT2D eigenvalue weighted by atomic mass is 16.5. The number of hydrogen-bond donors (Lipinski definition) is 0. The van der Waals surface area contributed by atoms with Crippen LogP contribution in [0.5, 0.6) is 0 Å². The molecular weight excluding hydrogens is 308 g/mol. The van der Waals surface area contributed by atoms with Crippen LogP contribution < -0.4 is 0 Å². The molecule has 0 aliphatic carbocycles. The summed E-state index contributed by atoms with van der Waals surface area (Å²) in [5.74, 6) is 2.58. The van der Waals surface area contributed by atoms with Crippen molar-refractivity contribution in [3.8, 4) is 0 Å². The van der Waals surface area contributed by atoms with Crippen molar-refractivity contribution in [3.63, 3.8) is 0 Å². The fourth-order valence-corrected chi connectivity index (χ4v) is 1.56. The molecule has 0 rings (SSSR count). The van der Waals surface area contributed by atoms with E-state index in [1.807, 2.05) is 58.9 Å². The van der Waals surface area contributed by atoms with Gasteiger partial charge in [0, 0.05) is 6.08 Å². The molecule has 0 aliphatic heterocycles. The van der Waals surface area contributed by atoms with E-state index in [1.165, 1.54) is 11.1 Å². The molecule has 0 aromatic carbocycles. The highest BCUT2D eigenvalue weighted by Gasteiger charge is 2.01. The molecule has 0 aromatic heterocycles. The lowest BCUT2D eigenvalue weighted by Gasteiger charge is -2.10. The molecule has 0 aliphatic rings. The van der Waals surface area contributed by atoms with Crippen LogP contribution >= 0.6 is 0 Å². The summed E-state index contributed by atoms with van der Waals surface area (Å²) in [6.07, 6.45) is 16.2. The van der Waals surface area contributed by atoms with E-state index in [0.29, 0.717) is 23.0 Å². The number of allylic oxidation sites excluding steroid dienone is 12. The molecule has 0 saturated carbocycles. The van der Waals surface area contributed by atoms with Gasteiger partial charge in [-0.1, -0.05) is 49.1 Å². The monoisotopic (exact) mass is 338 g/mol. The highest BCUT2D eigenvalue weighted by molar-refractivity contribution is 5.27. The van der Waals surface area contributed by atoms with Crippen molar-refractivity contribution in [1.29, 1.82) is 0 Å². The summed E-state index contributed by atoms with van der Waals surface area (Å²) in [5.41, 5.74) is 2.35. The topological polar surface area (TPSA) is 18.5 Å². The first-order chi connectivity index (χ1) is 11.8. The average molecular weight is 338 g/mol. The van der Waals surface area contributed by atoms with Crippen LogP contribution in [0.4, 0.5) is 0 Å². The minimum Gasteiger partial charge on any atom is -0.462 e. The third-order valence-corrected chi connectivity index (χ3v) is 2.71. The second kappa shape index (κ2) is 12.7. The molecule has 0 spiro atoms. The van der Waals surface area contributed by atoms with Gasteiger partial charge < -0.3 is 9.47 Å². The molecule has 2 heteroatoms. The molecular formula is C23H30O2. The van der Waals surface area contributed by atoms with Crippen molar-refractivity contribution in [3.05, 3.63) is 109 Å². The lowest BCUT2D eigenvalue weighted by Crippen LogP contribution is -1.93. The Balaban J connectivity index is 5.38. The van der Waals surface area contributed by atoms with E-state index < -0.39 is 0 Å². The van der Waals surface area contributed by atoms with Crippen LogP contribution in [0.2, 0.25) is 0 Å². The van der Waals surface area contributed by atoms with Crippen molar-refractivity contribution < 1.29 is 9.47 Å². The van der Waals surface area contributed by atoms with Gasteiger partial charge in [-0.25, -0.2) is 0 Å². The van der Waals surface area contributed by atoms with E-state index in [9.17, 15) is 0 Å². The molecule has 0 unspecified atom stereocenters. The summed E-state index contributed by atoms with van der Waals surface area (Å²) in [5, 5.41) is 0. The SMILES string of the molecule is C=C/C=C(\C=C(/C)O/C(C=C)=C/C=C(C)C)O/C(C=C)=C/C=C(C)C. The molecule has 0 bridgehead atoms. The highest BCUT2D eigenvalue weighted by Crippen LogP contribution is 2.15. The molecule has 0 fully saturated rings. The summed E-state index contributed by atoms with van der Waals surface area (Å²) < 4.78 is 11.6. The number of rotatable bonds is 10. The summed E-state index contributed by atoms with van der Waals surface area (Å²) >= 11 is 0. The van der Waals surface area contributed by atoms with Crippen LogP contribution in [0, 0.1) is 0 Å². The second-order valence-corrected chi connectivity index (χ2v) is 5.80. The first-order valence-electron chi connectivity index (χ1n) is 8.14. The Morgan fingerprint density at radius 3 is 1.48 bits per heavy atom. The normalized spacial score (nSPS) is 12.8. The van der Waals surface area contributed by atoms with E-state index in [0.717, 1.165) is 0 Å². The summed E-state index contributed by atoms with van der Waals surface area (Å²) in [6, 6.07) is 0. The van der Waals surface area contributed by atoms with Gasteiger partial charge in [-0.2, -0.15) is 0 Å². The van der Waals surface area contributed by atoms with Crippen LogP contribution in [0.1, 0.15) is 34.6 Å². The van der Waals surface area contributed by atoms with E-state index in [1.54, 1.807) is 30.4 Å². The van der Waals surface area contributed by atoms with Gasteiger partial charge in [-0.05, 0) is 65.0 Å². The van der Waals surface area contributed by atoms with Gasteiger partial charge >= 0.3 is 0 Å². The molecule has 0 N–H and O–H groups in total. The predicted octanol–water partition coefficient (Wildman–Crippen LogP) is 7.07. The van der Waals surface area contributed by atoms with Crippen LogP contribution in [-0.2, 0) is 9.47 Å². The van der Waals surface area contributed by atoms with Gasteiger partial charge in [0.1, 0.15) is 23.0 Å². The Morgan fingerprint density at radius 2 is 1.08 bits per heavy atom. The van der Waals surface area contributed by atoms with Crippen molar-refractivity contribution >= 4 is 0 Å². The lowest BCUT2D eigenvalue weighted by molar-refractivity contribution is 0.305. The molecule has 0 amide bonds. The van der Waals surface area contributed by atoms with Crippen LogP contribution in [0.3, 0.4) is 0 Å². The molecule has 134 valence electrons. The molecule has 2 nitrogen and oxygen atoms in total. The third-order valence-electron chi connectivity index (χ3n) is 2.71. The van der Waals surface area contributed by atoms with Crippen molar-refractivity contribution in [1.82, 2.24) is 0 Å². The maximum Gasteiger partial charge on any atom is 0.130 e. The van der Waals surface area contributed by atoms with Crippen LogP contribution in [0.25, 0.3) is 0 Å². The average Bonchev–Trinajstić information content (AvgIpc) is 2.54. The Hall–Kier alpha value is -2.74.